The maximum Gasteiger partial charge on any atom is 0.229 e. The molecule has 0 saturated carbocycles. The number of nitriles is 1. The monoisotopic (exact) mass is 276 g/mol. The van der Waals surface area contributed by atoms with Gasteiger partial charge in [-0.05, 0) is 25.8 Å². The summed E-state index contributed by atoms with van der Waals surface area (Å²) in [7, 11) is 0. The fourth-order valence-corrected chi connectivity index (χ4v) is 2.96. The maximum absolute atomic E-state index is 8.62. The van der Waals surface area contributed by atoms with Crippen LogP contribution in [0, 0.1) is 11.3 Å². The highest BCUT2D eigenvalue weighted by Crippen LogP contribution is 2.29. The lowest BCUT2D eigenvalue weighted by Crippen LogP contribution is -2.42. The van der Waals surface area contributed by atoms with Gasteiger partial charge in [0.1, 0.15) is 6.10 Å². The topological polar surface area (TPSA) is 75.2 Å². The van der Waals surface area contributed by atoms with Crippen LogP contribution < -0.4 is 0 Å². The van der Waals surface area contributed by atoms with E-state index in [0.29, 0.717) is 24.2 Å². The molecule has 3 rings (SSSR count). The van der Waals surface area contributed by atoms with Crippen LogP contribution >= 0.6 is 0 Å². The number of aromatic nitrogens is 2. The average molecular weight is 276 g/mol. The van der Waals surface area contributed by atoms with Crippen molar-refractivity contribution in [3.05, 3.63) is 11.7 Å². The van der Waals surface area contributed by atoms with E-state index in [1.54, 1.807) is 0 Å². The average Bonchev–Trinajstić information content (AvgIpc) is 3.12. The van der Waals surface area contributed by atoms with E-state index in [-0.39, 0.29) is 12.0 Å². The van der Waals surface area contributed by atoms with Gasteiger partial charge in [-0.25, -0.2) is 0 Å². The first kappa shape index (κ1) is 13.5. The van der Waals surface area contributed by atoms with E-state index < -0.39 is 0 Å². The molecule has 0 radical (unpaired) electrons. The Hall–Kier alpha value is -1.45. The summed E-state index contributed by atoms with van der Waals surface area (Å²) in [5, 5.41) is 12.7. The molecule has 2 aliphatic heterocycles. The molecule has 1 aromatic heterocycles. The van der Waals surface area contributed by atoms with E-state index >= 15 is 0 Å². The number of ether oxygens (including phenoxy) is 1. The van der Waals surface area contributed by atoms with Gasteiger partial charge < -0.3 is 9.26 Å². The number of hydrogen-bond donors (Lipinski definition) is 0. The van der Waals surface area contributed by atoms with Crippen LogP contribution in [0.5, 0.6) is 0 Å². The highest BCUT2D eigenvalue weighted by Gasteiger charge is 2.35. The summed E-state index contributed by atoms with van der Waals surface area (Å²) in [5.74, 6) is 1.38. The van der Waals surface area contributed by atoms with Gasteiger partial charge in [0.15, 0.2) is 0 Å². The Labute approximate surface area is 118 Å². The standard InChI is InChI=1S/C14H20N4O2/c1-10(4-2-6-15)14-16-13(17-20-14)12-8-18-7-3-5-11(18)9-19-12/h10-12H,2-5,7-9H2,1H3. The number of nitrogens with zero attached hydrogens (tertiary/aromatic N) is 4. The second kappa shape index (κ2) is 5.90. The third-order valence-corrected chi connectivity index (χ3v) is 4.25. The molecule has 0 aromatic carbocycles. The summed E-state index contributed by atoms with van der Waals surface area (Å²) in [6, 6.07) is 2.72. The van der Waals surface area contributed by atoms with E-state index in [1.165, 1.54) is 12.8 Å². The molecule has 6 heteroatoms. The highest BCUT2D eigenvalue weighted by molar-refractivity contribution is 4.99. The molecule has 6 nitrogen and oxygen atoms in total. The number of morpholine rings is 1. The van der Waals surface area contributed by atoms with Crippen LogP contribution in [-0.4, -0.2) is 40.8 Å². The van der Waals surface area contributed by atoms with E-state index in [4.69, 9.17) is 14.5 Å². The summed E-state index contributed by atoms with van der Waals surface area (Å²) < 4.78 is 11.2. The lowest BCUT2D eigenvalue weighted by molar-refractivity contribution is -0.0548. The number of fused-ring (bicyclic) bond motifs is 1. The fourth-order valence-electron chi connectivity index (χ4n) is 2.96. The Balaban J connectivity index is 1.63. The minimum atomic E-state index is -0.0787. The van der Waals surface area contributed by atoms with Gasteiger partial charge in [-0.2, -0.15) is 10.2 Å². The summed E-state index contributed by atoms with van der Waals surface area (Å²) in [5.41, 5.74) is 0. The van der Waals surface area contributed by atoms with E-state index in [9.17, 15) is 0 Å². The van der Waals surface area contributed by atoms with Crippen LogP contribution in [0.15, 0.2) is 4.52 Å². The summed E-state index contributed by atoms with van der Waals surface area (Å²) in [6.07, 6.45) is 3.66. The minimum Gasteiger partial charge on any atom is -0.367 e. The molecule has 20 heavy (non-hydrogen) atoms. The van der Waals surface area contributed by atoms with Crippen LogP contribution in [0.4, 0.5) is 0 Å². The molecule has 0 bridgehead atoms. The summed E-state index contributed by atoms with van der Waals surface area (Å²) in [6.45, 7) is 4.77. The second-order valence-corrected chi connectivity index (χ2v) is 5.70. The van der Waals surface area contributed by atoms with Crippen LogP contribution in [0.1, 0.15) is 56.3 Å². The molecular formula is C14H20N4O2. The van der Waals surface area contributed by atoms with Gasteiger partial charge in [0, 0.05) is 24.9 Å². The minimum absolute atomic E-state index is 0.0787. The molecule has 3 unspecified atom stereocenters. The molecule has 0 spiro atoms. The SMILES string of the molecule is CC(CCC#N)c1nc(C2CN3CCCC3CO2)no1. The Kier molecular flexibility index (Phi) is 3.99. The zero-order chi connectivity index (χ0) is 13.9. The van der Waals surface area contributed by atoms with E-state index in [2.05, 4.69) is 21.1 Å². The van der Waals surface area contributed by atoms with Gasteiger partial charge in [-0.1, -0.05) is 12.1 Å². The van der Waals surface area contributed by atoms with Gasteiger partial charge in [0.25, 0.3) is 0 Å². The molecule has 0 N–H and O–H groups in total. The van der Waals surface area contributed by atoms with Crippen molar-refractivity contribution in [2.24, 2.45) is 0 Å². The fraction of sp³-hybridized carbons (Fsp3) is 0.786. The summed E-state index contributed by atoms with van der Waals surface area (Å²) >= 11 is 0. The molecule has 2 saturated heterocycles. The smallest absolute Gasteiger partial charge is 0.229 e. The van der Waals surface area contributed by atoms with Gasteiger partial charge in [0.05, 0.1) is 12.7 Å². The van der Waals surface area contributed by atoms with Gasteiger partial charge in [-0.3, -0.25) is 4.90 Å². The molecule has 0 amide bonds. The van der Waals surface area contributed by atoms with Crippen molar-refractivity contribution in [3.63, 3.8) is 0 Å². The van der Waals surface area contributed by atoms with Gasteiger partial charge in [0.2, 0.25) is 11.7 Å². The van der Waals surface area contributed by atoms with Crippen molar-refractivity contribution in [3.8, 4) is 6.07 Å². The van der Waals surface area contributed by atoms with Crippen LogP contribution in [-0.2, 0) is 4.74 Å². The molecular weight excluding hydrogens is 256 g/mol. The number of rotatable bonds is 4. The molecule has 1 aromatic rings. The highest BCUT2D eigenvalue weighted by atomic mass is 16.5. The Morgan fingerprint density at radius 2 is 2.45 bits per heavy atom. The first-order valence-corrected chi connectivity index (χ1v) is 7.34. The van der Waals surface area contributed by atoms with E-state index in [1.807, 2.05) is 6.92 Å². The second-order valence-electron chi connectivity index (χ2n) is 5.70. The van der Waals surface area contributed by atoms with Crippen LogP contribution in [0.2, 0.25) is 0 Å². The van der Waals surface area contributed by atoms with Crippen molar-refractivity contribution < 1.29 is 9.26 Å². The third-order valence-electron chi connectivity index (χ3n) is 4.25. The lowest BCUT2D eigenvalue weighted by Gasteiger charge is -2.33. The van der Waals surface area contributed by atoms with Gasteiger partial charge in [-0.15, -0.1) is 0 Å². The van der Waals surface area contributed by atoms with Crippen molar-refractivity contribution in [1.29, 1.82) is 5.26 Å². The van der Waals surface area contributed by atoms with Crippen molar-refractivity contribution in [2.45, 2.75) is 50.7 Å². The first-order valence-electron chi connectivity index (χ1n) is 7.34. The molecule has 108 valence electrons. The first-order chi connectivity index (χ1) is 9.78. The predicted octanol–water partition coefficient (Wildman–Crippen LogP) is 2.01. The molecule has 3 heterocycles. The largest absolute Gasteiger partial charge is 0.367 e. The van der Waals surface area contributed by atoms with Crippen molar-refractivity contribution >= 4 is 0 Å². The van der Waals surface area contributed by atoms with Gasteiger partial charge >= 0.3 is 0 Å². The molecule has 2 aliphatic rings. The Morgan fingerprint density at radius 3 is 3.30 bits per heavy atom. The normalized spacial score (nSPS) is 28.0. The summed E-state index contributed by atoms with van der Waals surface area (Å²) in [4.78, 5) is 6.92. The Bertz CT molecular complexity index is 496. The van der Waals surface area contributed by atoms with Crippen LogP contribution in [0.25, 0.3) is 0 Å². The van der Waals surface area contributed by atoms with Crippen LogP contribution in [0.3, 0.4) is 0 Å². The zero-order valence-electron chi connectivity index (χ0n) is 11.8. The van der Waals surface area contributed by atoms with Crippen molar-refractivity contribution in [2.75, 3.05) is 19.7 Å². The number of hydrogen-bond acceptors (Lipinski definition) is 6. The maximum atomic E-state index is 8.62. The molecule has 0 aliphatic carbocycles. The molecule has 2 fully saturated rings. The zero-order valence-corrected chi connectivity index (χ0v) is 11.8. The predicted molar refractivity (Wildman–Crippen MR) is 70.8 cm³/mol. The Morgan fingerprint density at radius 1 is 1.55 bits per heavy atom. The lowest BCUT2D eigenvalue weighted by atomic mass is 10.1. The quantitative estimate of drug-likeness (QED) is 0.837. The van der Waals surface area contributed by atoms with E-state index in [0.717, 1.165) is 26.1 Å². The molecule has 3 atom stereocenters. The third kappa shape index (κ3) is 2.69. The van der Waals surface area contributed by atoms with Crippen molar-refractivity contribution in [1.82, 2.24) is 15.0 Å².